The van der Waals surface area contributed by atoms with Crippen LogP contribution in [0.5, 0.6) is 5.75 Å². The number of hydrogen-bond acceptors (Lipinski definition) is 2. The van der Waals surface area contributed by atoms with Crippen LogP contribution in [-0.4, -0.2) is 12.0 Å². The van der Waals surface area contributed by atoms with Crippen LogP contribution in [0, 0.1) is 5.82 Å². The third-order valence-electron chi connectivity index (χ3n) is 4.12. The van der Waals surface area contributed by atoms with E-state index in [0.29, 0.717) is 17.6 Å². The maximum atomic E-state index is 13.0. The zero-order valence-corrected chi connectivity index (χ0v) is 15.5. The summed E-state index contributed by atoms with van der Waals surface area (Å²) in [4.78, 5) is 12.6. The fraction of sp³-hybridized carbons (Fsp3) is 0.381. The lowest BCUT2D eigenvalue weighted by atomic mass is 9.92. The second-order valence-electron chi connectivity index (χ2n) is 6.82. The van der Waals surface area contributed by atoms with Crippen LogP contribution in [0.3, 0.4) is 0 Å². The lowest BCUT2D eigenvalue weighted by molar-refractivity contribution is -0.122. The molecule has 0 aliphatic carbocycles. The Labute approximate surface area is 149 Å². The van der Waals surface area contributed by atoms with Crippen molar-refractivity contribution in [3.63, 3.8) is 0 Å². The van der Waals surface area contributed by atoms with Gasteiger partial charge in [0, 0.05) is 5.69 Å². The van der Waals surface area contributed by atoms with Gasteiger partial charge in [0.05, 0.1) is 0 Å². The average molecular weight is 343 g/mol. The molecule has 0 fully saturated rings. The lowest BCUT2D eigenvalue weighted by Crippen LogP contribution is -2.31. The molecule has 0 aliphatic heterocycles. The summed E-state index contributed by atoms with van der Waals surface area (Å²) < 4.78 is 18.6. The number of anilines is 1. The molecule has 1 atom stereocenters. The maximum Gasteiger partial charge on any atom is 0.265 e. The van der Waals surface area contributed by atoms with Crippen LogP contribution < -0.4 is 10.1 Å². The van der Waals surface area contributed by atoms with Gasteiger partial charge in [-0.15, -0.1) is 0 Å². The van der Waals surface area contributed by atoms with Crippen molar-refractivity contribution < 1.29 is 13.9 Å². The standard InChI is InChI=1S/C21H26FNO2/c1-13(2)18-7-6-8-19(14(3)4)20(18)23-21(24)15(5)25-17-11-9-16(22)10-12-17/h6-15H,1-5H3,(H,23,24)/t15-/m1/s1. The van der Waals surface area contributed by atoms with Crippen molar-refractivity contribution in [2.24, 2.45) is 0 Å². The highest BCUT2D eigenvalue weighted by atomic mass is 19.1. The Hall–Kier alpha value is -2.36. The molecule has 1 N–H and O–H groups in total. The summed E-state index contributed by atoms with van der Waals surface area (Å²) in [6, 6.07) is 11.8. The summed E-state index contributed by atoms with van der Waals surface area (Å²) in [6.45, 7) is 10.1. The van der Waals surface area contributed by atoms with Gasteiger partial charge in [-0.05, 0) is 54.2 Å². The number of hydrogen-bond donors (Lipinski definition) is 1. The largest absolute Gasteiger partial charge is 0.481 e. The SMILES string of the molecule is CC(C)c1cccc(C(C)C)c1NC(=O)[C@@H](C)Oc1ccc(F)cc1. The minimum Gasteiger partial charge on any atom is -0.481 e. The van der Waals surface area contributed by atoms with Gasteiger partial charge in [-0.3, -0.25) is 4.79 Å². The number of carbonyl (C=O) groups excluding carboxylic acids is 1. The molecule has 0 heterocycles. The molecule has 134 valence electrons. The molecule has 2 aromatic carbocycles. The van der Waals surface area contributed by atoms with Gasteiger partial charge in [-0.1, -0.05) is 45.9 Å². The number of para-hydroxylation sites is 1. The molecule has 1 amide bonds. The molecule has 2 aromatic rings. The van der Waals surface area contributed by atoms with Gasteiger partial charge in [0.1, 0.15) is 11.6 Å². The predicted octanol–water partition coefficient (Wildman–Crippen LogP) is 5.48. The normalized spacial score (nSPS) is 12.3. The van der Waals surface area contributed by atoms with Crippen LogP contribution in [0.15, 0.2) is 42.5 Å². The highest BCUT2D eigenvalue weighted by Gasteiger charge is 2.20. The number of nitrogens with one attached hydrogen (secondary N) is 1. The van der Waals surface area contributed by atoms with Crippen molar-refractivity contribution in [1.82, 2.24) is 0 Å². The van der Waals surface area contributed by atoms with E-state index < -0.39 is 6.10 Å². The molecule has 0 radical (unpaired) electrons. The molecule has 0 aliphatic rings. The van der Waals surface area contributed by atoms with E-state index in [1.807, 2.05) is 18.2 Å². The zero-order chi connectivity index (χ0) is 18.6. The molecule has 0 bridgehead atoms. The first-order valence-corrected chi connectivity index (χ1v) is 8.65. The topological polar surface area (TPSA) is 38.3 Å². The number of amides is 1. The summed E-state index contributed by atoms with van der Waals surface area (Å²) in [6.07, 6.45) is -0.689. The molecule has 0 saturated heterocycles. The van der Waals surface area contributed by atoms with Gasteiger partial charge < -0.3 is 10.1 Å². The highest BCUT2D eigenvalue weighted by molar-refractivity contribution is 5.95. The number of halogens is 1. The number of benzene rings is 2. The van der Waals surface area contributed by atoms with E-state index in [1.165, 1.54) is 24.3 Å². The Morgan fingerprint density at radius 1 is 0.920 bits per heavy atom. The summed E-state index contributed by atoms with van der Waals surface area (Å²) in [7, 11) is 0. The molecule has 25 heavy (non-hydrogen) atoms. The number of carbonyl (C=O) groups is 1. The maximum absolute atomic E-state index is 13.0. The van der Waals surface area contributed by atoms with Gasteiger partial charge in [0.2, 0.25) is 0 Å². The molecular weight excluding hydrogens is 317 g/mol. The molecule has 2 rings (SSSR count). The van der Waals surface area contributed by atoms with E-state index in [0.717, 1.165) is 16.8 Å². The minimum atomic E-state index is -0.689. The van der Waals surface area contributed by atoms with E-state index in [9.17, 15) is 9.18 Å². The average Bonchev–Trinajstić information content (AvgIpc) is 2.56. The Kier molecular flexibility index (Phi) is 6.18. The molecule has 0 spiro atoms. The van der Waals surface area contributed by atoms with Crippen molar-refractivity contribution in [1.29, 1.82) is 0 Å². The molecule has 4 heteroatoms. The van der Waals surface area contributed by atoms with Crippen LogP contribution in [0.1, 0.15) is 57.6 Å². The highest BCUT2D eigenvalue weighted by Crippen LogP contribution is 2.32. The van der Waals surface area contributed by atoms with E-state index >= 15 is 0 Å². The smallest absolute Gasteiger partial charge is 0.265 e. The van der Waals surface area contributed by atoms with Crippen LogP contribution in [0.2, 0.25) is 0 Å². The first kappa shape index (κ1) is 19.0. The first-order chi connectivity index (χ1) is 11.8. The van der Waals surface area contributed by atoms with Crippen molar-refractivity contribution in [2.75, 3.05) is 5.32 Å². The van der Waals surface area contributed by atoms with Crippen LogP contribution in [0.4, 0.5) is 10.1 Å². The van der Waals surface area contributed by atoms with E-state index in [2.05, 4.69) is 33.0 Å². The van der Waals surface area contributed by atoms with Gasteiger partial charge in [-0.25, -0.2) is 4.39 Å². The molecular formula is C21H26FNO2. The summed E-state index contributed by atoms with van der Waals surface area (Å²) in [5, 5.41) is 3.04. The Balaban J connectivity index is 2.20. The van der Waals surface area contributed by atoms with Gasteiger partial charge >= 0.3 is 0 Å². The van der Waals surface area contributed by atoms with Crippen molar-refractivity contribution in [3.05, 3.63) is 59.4 Å². The molecule has 0 saturated carbocycles. The fourth-order valence-electron chi connectivity index (χ4n) is 2.69. The summed E-state index contributed by atoms with van der Waals surface area (Å²) in [5.41, 5.74) is 3.08. The molecule has 0 unspecified atom stereocenters. The van der Waals surface area contributed by atoms with E-state index in [1.54, 1.807) is 6.92 Å². The summed E-state index contributed by atoms with van der Waals surface area (Å²) >= 11 is 0. The van der Waals surface area contributed by atoms with Crippen LogP contribution in [0.25, 0.3) is 0 Å². The predicted molar refractivity (Wildman–Crippen MR) is 99.7 cm³/mol. The molecule has 3 nitrogen and oxygen atoms in total. The van der Waals surface area contributed by atoms with Crippen LogP contribution in [-0.2, 0) is 4.79 Å². The van der Waals surface area contributed by atoms with E-state index in [-0.39, 0.29) is 11.7 Å². The van der Waals surface area contributed by atoms with Crippen molar-refractivity contribution in [3.8, 4) is 5.75 Å². The van der Waals surface area contributed by atoms with Gasteiger partial charge in [0.15, 0.2) is 6.10 Å². The molecule has 0 aromatic heterocycles. The quantitative estimate of drug-likeness (QED) is 0.754. The Morgan fingerprint density at radius 2 is 1.44 bits per heavy atom. The van der Waals surface area contributed by atoms with Crippen LogP contribution >= 0.6 is 0 Å². The fourth-order valence-corrected chi connectivity index (χ4v) is 2.69. The monoisotopic (exact) mass is 343 g/mol. The zero-order valence-electron chi connectivity index (χ0n) is 15.5. The van der Waals surface area contributed by atoms with E-state index in [4.69, 9.17) is 4.74 Å². The lowest BCUT2D eigenvalue weighted by Gasteiger charge is -2.22. The van der Waals surface area contributed by atoms with Gasteiger partial charge in [0.25, 0.3) is 5.91 Å². The Morgan fingerprint density at radius 3 is 1.92 bits per heavy atom. The minimum absolute atomic E-state index is 0.223. The third-order valence-corrected chi connectivity index (χ3v) is 4.12. The van der Waals surface area contributed by atoms with Crippen molar-refractivity contribution in [2.45, 2.75) is 52.6 Å². The van der Waals surface area contributed by atoms with Crippen molar-refractivity contribution >= 4 is 11.6 Å². The Bertz CT molecular complexity index is 697. The first-order valence-electron chi connectivity index (χ1n) is 8.65. The number of ether oxygens (including phenoxy) is 1. The second kappa shape index (κ2) is 8.15. The van der Waals surface area contributed by atoms with Gasteiger partial charge in [-0.2, -0.15) is 0 Å². The summed E-state index contributed by atoms with van der Waals surface area (Å²) in [5.74, 6) is 0.492. The second-order valence-corrected chi connectivity index (χ2v) is 6.82. The third kappa shape index (κ3) is 4.81. The number of rotatable bonds is 6.